The van der Waals surface area contributed by atoms with Gasteiger partial charge >= 0.3 is 0 Å². The van der Waals surface area contributed by atoms with Crippen molar-refractivity contribution in [2.75, 3.05) is 16.9 Å². The fraction of sp³-hybridized carbons (Fsp3) is 0.615. The minimum atomic E-state index is -0.401. The molecule has 0 spiro atoms. The Labute approximate surface area is 117 Å². The lowest BCUT2D eigenvalue weighted by molar-refractivity contribution is -0.384. The fourth-order valence-electron chi connectivity index (χ4n) is 3.57. The minimum Gasteiger partial charge on any atom is -0.353 e. The van der Waals surface area contributed by atoms with Gasteiger partial charge in [0.1, 0.15) is 11.6 Å². The fourth-order valence-corrected chi connectivity index (χ4v) is 3.57. The van der Waals surface area contributed by atoms with Gasteiger partial charge in [-0.05, 0) is 31.6 Å². The molecule has 1 saturated carbocycles. The van der Waals surface area contributed by atoms with Crippen LogP contribution >= 0.6 is 0 Å². The average Bonchev–Trinajstić information content (AvgIpc) is 2.94. The van der Waals surface area contributed by atoms with Crippen LogP contribution in [0.5, 0.6) is 0 Å². The monoisotopic (exact) mass is 277 g/mol. The summed E-state index contributed by atoms with van der Waals surface area (Å²) in [5.41, 5.74) is 2.45. The highest BCUT2D eigenvalue weighted by atomic mass is 16.6. The molecule has 0 amide bonds. The second kappa shape index (κ2) is 5.24. The number of anilines is 2. The summed E-state index contributed by atoms with van der Waals surface area (Å²) in [6.45, 7) is 0.916. The van der Waals surface area contributed by atoms with E-state index >= 15 is 0 Å². The summed E-state index contributed by atoms with van der Waals surface area (Å²) in [5.74, 6) is 7.09. The van der Waals surface area contributed by atoms with Crippen molar-refractivity contribution < 1.29 is 4.92 Å². The normalized spacial score (nSPS) is 25.4. The summed E-state index contributed by atoms with van der Waals surface area (Å²) in [6.07, 6.45) is 6.04. The molecule has 0 bridgehead atoms. The van der Waals surface area contributed by atoms with E-state index in [9.17, 15) is 10.1 Å². The van der Waals surface area contributed by atoms with E-state index in [0.717, 1.165) is 19.4 Å². The molecule has 3 rings (SSSR count). The van der Waals surface area contributed by atoms with Gasteiger partial charge in [-0.1, -0.05) is 6.42 Å². The standard InChI is InChI=1S/C13H19N5O2/c14-16-12-7-10(18(19)20)8-13(15-12)17-6-2-4-9-3-1-5-11(9)17/h7-9,11H,1-6,14H2,(H,15,16). The van der Waals surface area contributed by atoms with Gasteiger partial charge in [0.25, 0.3) is 5.69 Å². The van der Waals surface area contributed by atoms with Gasteiger partial charge in [0.05, 0.1) is 17.1 Å². The van der Waals surface area contributed by atoms with Gasteiger partial charge in [-0.3, -0.25) is 10.1 Å². The van der Waals surface area contributed by atoms with E-state index in [1.165, 1.54) is 25.3 Å². The third-order valence-electron chi connectivity index (χ3n) is 4.44. The quantitative estimate of drug-likeness (QED) is 0.498. The molecule has 1 aromatic heterocycles. The van der Waals surface area contributed by atoms with Gasteiger partial charge < -0.3 is 10.3 Å². The predicted molar refractivity (Wildman–Crippen MR) is 76.4 cm³/mol. The number of aromatic nitrogens is 1. The molecule has 2 atom stereocenters. The van der Waals surface area contributed by atoms with Gasteiger partial charge in [-0.15, -0.1) is 0 Å². The average molecular weight is 277 g/mol. The number of rotatable bonds is 3. The SMILES string of the molecule is NNc1cc([N+](=O)[O-])cc(N2CCCC3CCCC32)n1. The second-order valence-corrected chi connectivity index (χ2v) is 5.56. The summed E-state index contributed by atoms with van der Waals surface area (Å²) in [7, 11) is 0. The molecule has 108 valence electrons. The molecule has 1 aromatic rings. The van der Waals surface area contributed by atoms with Crippen molar-refractivity contribution in [2.24, 2.45) is 11.8 Å². The molecule has 2 fully saturated rings. The van der Waals surface area contributed by atoms with Crippen molar-refractivity contribution in [3.63, 3.8) is 0 Å². The molecule has 0 radical (unpaired) electrons. The summed E-state index contributed by atoms with van der Waals surface area (Å²) < 4.78 is 0. The first-order valence-electron chi connectivity index (χ1n) is 7.09. The summed E-state index contributed by atoms with van der Waals surface area (Å²) in [5, 5.41) is 11.0. The van der Waals surface area contributed by atoms with E-state index in [0.29, 0.717) is 23.6 Å². The lowest BCUT2D eigenvalue weighted by Gasteiger charge is -2.38. The Balaban J connectivity index is 1.95. The Hall–Kier alpha value is -1.89. The van der Waals surface area contributed by atoms with E-state index in [1.807, 2.05) is 0 Å². The van der Waals surface area contributed by atoms with Crippen LogP contribution in [0.25, 0.3) is 0 Å². The molecule has 2 unspecified atom stereocenters. The number of nitrogens with one attached hydrogen (secondary N) is 1. The van der Waals surface area contributed by atoms with Crippen molar-refractivity contribution in [1.82, 2.24) is 4.98 Å². The largest absolute Gasteiger partial charge is 0.353 e. The van der Waals surface area contributed by atoms with Crippen molar-refractivity contribution in [3.05, 3.63) is 22.2 Å². The first-order valence-corrected chi connectivity index (χ1v) is 7.09. The number of hydrogen-bond acceptors (Lipinski definition) is 6. The molecule has 0 aromatic carbocycles. The molecule has 1 saturated heterocycles. The molecule has 7 heteroatoms. The topological polar surface area (TPSA) is 97.3 Å². The summed E-state index contributed by atoms with van der Waals surface area (Å²) in [6, 6.07) is 3.39. The molecule has 2 heterocycles. The van der Waals surface area contributed by atoms with Crippen LogP contribution < -0.4 is 16.2 Å². The minimum absolute atomic E-state index is 0.0306. The highest BCUT2D eigenvalue weighted by Crippen LogP contribution is 2.39. The maximum absolute atomic E-state index is 11.0. The van der Waals surface area contributed by atoms with E-state index in [2.05, 4.69) is 15.3 Å². The van der Waals surface area contributed by atoms with Crippen LogP contribution in [0.4, 0.5) is 17.3 Å². The molecule has 1 aliphatic carbocycles. The Morgan fingerprint density at radius 3 is 2.90 bits per heavy atom. The molecule has 20 heavy (non-hydrogen) atoms. The molecule has 2 aliphatic rings. The van der Waals surface area contributed by atoms with Gasteiger partial charge in [0, 0.05) is 12.6 Å². The van der Waals surface area contributed by atoms with Gasteiger partial charge in [-0.25, -0.2) is 10.8 Å². The van der Waals surface area contributed by atoms with Gasteiger partial charge in [0.15, 0.2) is 0 Å². The van der Waals surface area contributed by atoms with Gasteiger partial charge in [0.2, 0.25) is 0 Å². The number of hydrogen-bond donors (Lipinski definition) is 2. The van der Waals surface area contributed by atoms with Crippen molar-refractivity contribution in [3.8, 4) is 0 Å². The van der Waals surface area contributed by atoms with Crippen LogP contribution in [0.15, 0.2) is 12.1 Å². The van der Waals surface area contributed by atoms with E-state index in [1.54, 1.807) is 6.07 Å². The highest BCUT2D eigenvalue weighted by molar-refractivity contribution is 5.56. The van der Waals surface area contributed by atoms with E-state index in [-0.39, 0.29) is 5.69 Å². The number of nitrogens with zero attached hydrogens (tertiary/aromatic N) is 3. The summed E-state index contributed by atoms with van der Waals surface area (Å²) in [4.78, 5) is 17.3. The smallest absolute Gasteiger partial charge is 0.276 e. The van der Waals surface area contributed by atoms with Crippen molar-refractivity contribution in [2.45, 2.75) is 38.1 Å². The number of hydrazine groups is 1. The molecule has 1 aliphatic heterocycles. The zero-order chi connectivity index (χ0) is 14.1. The molecular weight excluding hydrogens is 258 g/mol. The molecular formula is C13H19N5O2. The zero-order valence-electron chi connectivity index (χ0n) is 11.3. The molecule has 7 nitrogen and oxygen atoms in total. The molecule has 3 N–H and O–H groups in total. The van der Waals surface area contributed by atoms with E-state index in [4.69, 9.17) is 5.84 Å². The number of nitro groups is 1. The Morgan fingerprint density at radius 2 is 2.15 bits per heavy atom. The van der Waals surface area contributed by atoms with Gasteiger partial charge in [-0.2, -0.15) is 0 Å². The van der Waals surface area contributed by atoms with Crippen molar-refractivity contribution in [1.29, 1.82) is 0 Å². The number of nitrogen functional groups attached to an aromatic ring is 1. The van der Waals surface area contributed by atoms with E-state index < -0.39 is 4.92 Å². The Bertz CT molecular complexity index is 521. The van der Waals surface area contributed by atoms with Crippen LogP contribution in [0.1, 0.15) is 32.1 Å². The number of piperidine rings is 1. The number of nitrogens with two attached hydrogens (primary N) is 1. The maximum atomic E-state index is 11.0. The second-order valence-electron chi connectivity index (χ2n) is 5.56. The van der Waals surface area contributed by atoms with Crippen LogP contribution in [0, 0.1) is 16.0 Å². The first kappa shape index (κ1) is 13.1. The van der Waals surface area contributed by atoms with Crippen LogP contribution in [0.2, 0.25) is 0 Å². The van der Waals surface area contributed by atoms with Crippen LogP contribution in [0.3, 0.4) is 0 Å². The summed E-state index contributed by atoms with van der Waals surface area (Å²) >= 11 is 0. The number of pyridine rings is 1. The predicted octanol–water partition coefficient (Wildman–Crippen LogP) is 2.04. The first-order chi connectivity index (χ1) is 9.69. The Kier molecular flexibility index (Phi) is 3.43. The Morgan fingerprint density at radius 1 is 1.35 bits per heavy atom. The maximum Gasteiger partial charge on any atom is 0.276 e. The van der Waals surface area contributed by atoms with Crippen molar-refractivity contribution >= 4 is 17.3 Å². The third-order valence-corrected chi connectivity index (χ3v) is 4.44. The highest BCUT2D eigenvalue weighted by Gasteiger charge is 2.36. The van der Waals surface area contributed by atoms with Crippen LogP contribution in [-0.4, -0.2) is 22.5 Å². The zero-order valence-corrected chi connectivity index (χ0v) is 11.3. The number of fused-ring (bicyclic) bond motifs is 1. The lowest BCUT2D eigenvalue weighted by atomic mass is 9.92. The third kappa shape index (κ3) is 2.29. The lowest BCUT2D eigenvalue weighted by Crippen LogP contribution is -2.43. The van der Waals surface area contributed by atoms with Crippen LogP contribution in [-0.2, 0) is 0 Å².